The second-order valence-corrected chi connectivity index (χ2v) is 5.56. The second kappa shape index (κ2) is 8.38. The number of nitrogens with one attached hydrogen (secondary N) is 2. The van der Waals surface area contributed by atoms with Crippen LogP contribution in [0.4, 0.5) is 4.79 Å². The fraction of sp³-hybridized carbons (Fsp3) is 0.444. The van der Waals surface area contributed by atoms with E-state index >= 15 is 0 Å². The SMILES string of the molecule is CCCCOc1ccc([C@H]2NC(=O)NC(C)=C2C(=O)OCC)cc1. The van der Waals surface area contributed by atoms with Gasteiger partial charge >= 0.3 is 12.0 Å². The first kappa shape index (κ1) is 17.8. The molecule has 0 aliphatic carbocycles. The van der Waals surface area contributed by atoms with Gasteiger partial charge in [0.05, 0.1) is 24.8 Å². The predicted molar refractivity (Wildman–Crippen MR) is 90.6 cm³/mol. The van der Waals surface area contributed by atoms with E-state index in [1.165, 1.54) is 0 Å². The molecule has 1 heterocycles. The smallest absolute Gasteiger partial charge is 0.338 e. The minimum Gasteiger partial charge on any atom is -0.494 e. The van der Waals surface area contributed by atoms with E-state index in [0.717, 1.165) is 24.2 Å². The zero-order valence-corrected chi connectivity index (χ0v) is 14.3. The lowest BCUT2D eigenvalue weighted by Gasteiger charge is -2.28. The number of benzene rings is 1. The summed E-state index contributed by atoms with van der Waals surface area (Å²) < 4.78 is 10.8. The van der Waals surface area contributed by atoms with E-state index < -0.39 is 12.0 Å². The van der Waals surface area contributed by atoms with Gasteiger partial charge in [-0.25, -0.2) is 9.59 Å². The molecular formula is C18H24N2O4. The lowest BCUT2D eigenvalue weighted by Crippen LogP contribution is -2.45. The molecule has 0 unspecified atom stereocenters. The molecule has 2 amide bonds. The van der Waals surface area contributed by atoms with Crippen LogP contribution >= 0.6 is 0 Å². The van der Waals surface area contributed by atoms with Gasteiger partial charge in [0.25, 0.3) is 0 Å². The summed E-state index contributed by atoms with van der Waals surface area (Å²) in [6, 6.07) is 6.51. The highest BCUT2D eigenvalue weighted by molar-refractivity contribution is 5.95. The van der Waals surface area contributed by atoms with Gasteiger partial charge in [-0.15, -0.1) is 0 Å². The van der Waals surface area contributed by atoms with Gasteiger partial charge in [-0.3, -0.25) is 0 Å². The maximum absolute atomic E-state index is 12.2. The molecule has 0 radical (unpaired) electrons. The number of hydrogen-bond acceptors (Lipinski definition) is 4. The highest BCUT2D eigenvalue weighted by Crippen LogP contribution is 2.28. The summed E-state index contributed by atoms with van der Waals surface area (Å²) in [7, 11) is 0. The summed E-state index contributed by atoms with van der Waals surface area (Å²) in [5.74, 6) is 0.335. The number of rotatable bonds is 7. The standard InChI is InChI=1S/C18H24N2O4/c1-4-6-11-24-14-9-7-13(8-10-14)16-15(17(21)23-5-2)12(3)19-18(22)20-16/h7-10,16H,4-6,11H2,1-3H3,(H2,19,20,22)/t16-/m1/s1. The average Bonchev–Trinajstić information content (AvgIpc) is 2.55. The molecule has 1 aliphatic heterocycles. The molecule has 0 spiro atoms. The summed E-state index contributed by atoms with van der Waals surface area (Å²) in [5.41, 5.74) is 1.72. The summed E-state index contributed by atoms with van der Waals surface area (Å²) in [4.78, 5) is 24.0. The van der Waals surface area contributed by atoms with Crippen LogP contribution in [-0.2, 0) is 9.53 Å². The molecule has 130 valence electrons. The van der Waals surface area contributed by atoms with Crippen molar-refractivity contribution in [1.82, 2.24) is 10.6 Å². The molecule has 0 saturated heterocycles. The maximum atomic E-state index is 12.2. The zero-order valence-electron chi connectivity index (χ0n) is 14.3. The molecule has 2 rings (SSSR count). The number of ether oxygens (including phenoxy) is 2. The molecule has 0 fully saturated rings. The van der Waals surface area contributed by atoms with Crippen molar-refractivity contribution in [3.05, 3.63) is 41.1 Å². The van der Waals surface area contributed by atoms with Crippen molar-refractivity contribution < 1.29 is 19.1 Å². The maximum Gasteiger partial charge on any atom is 0.338 e. The molecule has 0 aromatic heterocycles. The van der Waals surface area contributed by atoms with E-state index in [9.17, 15) is 9.59 Å². The third-order valence-corrected chi connectivity index (χ3v) is 3.74. The molecular weight excluding hydrogens is 308 g/mol. The number of hydrogen-bond donors (Lipinski definition) is 2. The number of carbonyl (C=O) groups excluding carboxylic acids is 2. The first-order valence-electron chi connectivity index (χ1n) is 8.25. The van der Waals surface area contributed by atoms with E-state index in [0.29, 0.717) is 17.9 Å². The van der Waals surface area contributed by atoms with Gasteiger partial charge in [0.1, 0.15) is 5.75 Å². The Kier molecular flexibility index (Phi) is 6.23. The molecule has 6 nitrogen and oxygen atoms in total. The number of esters is 1. The second-order valence-electron chi connectivity index (χ2n) is 5.56. The number of urea groups is 1. The quantitative estimate of drug-likeness (QED) is 0.594. The van der Waals surface area contributed by atoms with Crippen LogP contribution in [0.1, 0.15) is 45.2 Å². The average molecular weight is 332 g/mol. The van der Waals surface area contributed by atoms with Crippen molar-refractivity contribution in [3.63, 3.8) is 0 Å². The van der Waals surface area contributed by atoms with Crippen molar-refractivity contribution in [2.24, 2.45) is 0 Å². The summed E-state index contributed by atoms with van der Waals surface area (Å²) in [6.45, 7) is 6.51. The van der Waals surface area contributed by atoms with Crippen molar-refractivity contribution in [1.29, 1.82) is 0 Å². The minimum atomic E-state index is -0.539. The first-order valence-corrected chi connectivity index (χ1v) is 8.25. The number of unbranched alkanes of at least 4 members (excludes halogenated alkanes) is 1. The van der Waals surface area contributed by atoms with E-state index in [4.69, 9.17) is 9.47 Å². The lowest BCUT2D eigenvalue weighted by atomic mass is 9.95. The fourth-order valence-corrected chi connectivity index (χ4v) is 2.51. The third-order valence-electron chi connectivity index (χ3n) is 3.74. The van der Waals surface area contributed by atoms with E-state index in [2.05, 4.69) is 17.6 Å². The number of carbonyl (C=O) groups is 2. The van der Waals surface area contributed by atoms with E-state index in [1.807, 2.05) is 24.3 Å². The third kappa shape index (κ3) is 4.28. The molecule has 0 bridgehead atoms. The van der Waals surface area contributed by atoms with Crippen LogP contribution in [0.5, 0.6) is 5.75 Å². The van der Waals surface area contributed by atoms with Crippen LogP contribution in [0.15, 0.2) is 35.5 Å². The molecule has 2 N–H and O–H groups in total. The van der Waals surface area contributed by atoms with Crippen molar-refractivity contribution >= 4 is 12.0 Å². The molecule has 0 saturated carbocycles. The molecule has 1 aromatic carbocycles. The molecule has 1 atom stereocenters. The largest absolute Gasteiger partial charge is 0.494 e. The molecule has 1 aromatic rings. The zero-order chi connectivity index (χ0) is 17.5. The van der Waals surface area contributed by atoms with Crippen LogP contribution < -0.4 is 15.4 Å². The predicted octanol–water partition coefficient (Wildman–Crippen LogP) is 3.06. The molecule has 24 heavy (non-hydrogen) atoms. The Balaban J connectivity index is 2.22. The summed E-state index contributed by atoms with van der Waals surface area (Å²) in [5, 5.41) is 5.39. The fourth-order valence-electron chi connectivity index (χ4n) is 2.51. The van der Waals surface area contributed by atoms with Gasteiger partial charge in [0.15, 0.2) is 0 Å². The lowest BCUT2D eigenvalue weighted by molar-refractivity contribution is -0.139. The van der Waals surface area contributed by atoms with Crippen molar-refractivity contribution in [2.75, 3.05) is 13.2 Å². The van der Waals surface area contributed by atoms with E-state index in [1.54, 1.807) is 13.8 Å². The highest BCUT2D eigenvalue weighted by Gasteiger charge is 2.31. The van der Waals surface area contributed by atoms with Crippen molar-refractivity contribution in [3.8, 4) is 5.75 Å². The molecule has 6 heteroatoms. The van der Waals surface area contributed by atoms with Crippen LogP contribution in [0, 0.1) is 0 Å². The van der Waals surface area contributed by atoms with Crippen LogP contribution in [0.25, 0.3) is 0 Å². The normalized spacial score (nSPS) is 17.1. The van der Waals surface area contributed by atoms with Gasteiger partial charge in [-0.2, -0.15) is 0 Å². The van der Waals surface area contributed by atoms with Gasteiger partial charge in [0, 0.05) is 5.70 Å². The van der Waals surface area contributed by atoms with Gasteiger partial charge in [-0.1, -0.05) is 25.5 Å². The van der Waals surface area contributed by atoms with Gasteiger partial charge < -0.3 is 20.1 Å². The summed E-state index contributed by atoms with van der Waals surface area (Å²) >= 11 is 0. The van der Waals surface area contributed by atoms with Gasteiger partial charge in [0.2, 0.25) is 0 Å². The topological polar surface area (TPSA) is 76.7 Å². The minimum absolute atomic E-state index is 0.278. The van der Waals surface area contributed by atoms with Gasteiger partial charge in [-0.05, 0) is 38.0 Å². The van der Waals surface area contributed by atoms with Crippen LogP contribution in [0.3, 0.4) is 0 Å². The Morgan fingerprint density at radius 1 is 1.21 bits per heavy atom. The van der Waals surface area contributed by atoms with E-state index in [-0.39, 0.29) is 12.6 Å². The Hall–Kier alpha value is -2.50. The Labute approximate surface area is 142 Å². The Morgan fingerprint density at radius 3 is 2.54 bits per heavy atom. The number of allylic oxidation sites excluding steroid dienone is 1. The monoisotopic (exact) mass is 332 g/mol. The first-order chi connectivity index (χ1) is 11.6. The Bertz CT molecular complexity index is 622. The number of amides is 2. The van der Waals surface area contributed by atoms with Crippen LogP contribution in [-0.4, -0.2) is 25.2 Å². The molecule has 1 aliphatic rings. The van der Waals surface area contributed by atoms with Crippen LogP contribution in [0.2, 0.25) is 0 Å². The van der Waals surface area contributed by atoms with Crippen molar-refractivity contribution in [2.45, 2.75) is 39.7 Å². The Morgan fingerprint density at radius 2 is 1.92 bits per heavy atom. The highest BCUT2D eigenvalue weighted by atomic mass is 16.5. The summed E-state index contributed by atoms with van der Waals surface area (Å²) in [6.07, 6.45) is 2.08.